The summed E-state index contributed by atoms with van der Waals surface area (Å²) in [6.07, 6.45) is 3.36. The molecule has 0 aromatic carbocycles. The molecule has 2 rings (SSSR count). The molecule has 0 saturated carbocycles. The summed E-state index contributed by atoms with van der Waals surface area (Å²) in [7, 11) is 4.58. The van der Waals surface area contributed by atoms with E-state index in [1.165, 1.54) is 18.4 Å². The molecular weight excluding hydrogens is 354 g/mol. The van der Waals surface area contributed by atoms with Crippen LogP contribution in [0.2, 0.25) is 0 Å². The Hall–Kier alpha value is -1.93. The lowest BCUT2D eigenvalue weighted by Crippen LogP contribution is -2.42. The van der Waals surface area contributed by atoms with E-state index in [1.807, 2.05) is 0 Å². The predicted octanol–water partition coefficient (Wildman–Crippen LogP) is 2.36. The molecule has 0 spiro atoms. The van der Waals surface area contributed by atoms with Gasteiger partial charge in [-0.05, 0) is 38.8 Å². The Morgan fingerprint density at radius 2 is 2.00 bits per heavy atom. The Balaban J connectivity index is 2.24. The van der Waals surface area contributed by atoms with Crippen LogP contribution in [0.4, 0.5) is 5.00 Å². The quantitative estimate of drug-likeness (QED) is 0.792. The monoisotopic (exact) mass is 381 g/mol. The van der Waals surface area contributed by atoms with Gasteiger partial charge in [-0.3, -0.25) is 14.5 Å². The second-order valence-corrected chi connectivity index (χ2v) is 7.84. The van der Waals surface area contributed by atoms with Crippen LogP contribution in [0.5, 0.6) is 0 Å². The molecule has 2 heterocycles. The number of ether oxygens (including phenoxy) is 1. The number of esters is 1. The third-order valence-electron chi connectivity index (χ3n) is 4.68. The smallest absolute Gasteiger partial charge is 0.341 e. The molecule has 0 aliphatic carbocycles. The largest absolute Gasteiger partial charge is 0.465 e. The molecule has 1 saturated heterocycles. The maximum absolute atomic E-state index is 12.5. The highest BCUT2D eigenvalue weighted by atomic mass is 32.1. The molecule has 144 valence electrons. The first kappa shape index (κ1) is 20.4. The van der Waals surface area contributed by atoms with Gasteiger partial charge in [-0.1, -0.05) is 6.42 Å². The van der Waals surface area contributed by atoms with Crippen LogP contribution < -0.4 is 5.32 Å². The molecule has 8 heteroatoms. The highest BCUT2D eigenvalue weighted by Crippen LogP contribution is 2.34. The molecule has 1 unspecified atom stereocenters. The van der Waals surface area contributed by atoms with Gasteiger partial charge < -0.3 is 15.0 Å². The number of nitrogens with one attached hydrogen (secondary N) is 1. The van der Waals surface area contributed by atoms with Crippen molar-refractivity contribution in [1.29, 1.82) is 0 Å². The van der Waals surface area contributed by atoms with Gasteiger partial charge in [-0.15, -0.1) is 11.3 Å². The van der Waals surface area contributed by atoms with E-state index < -0.39 is 5.97 Å². The Morgan fingerprint density at radius 3 is 2.58 bits per heavy atom. The molecular formula is C18H27N3O4S. The number of hydrogen-bond acceptors (Lipinski definition) is 6. The zero-order valence-corrected chi connectivity index (χ0v) is 16.9. The second kappa shape index (κ2) is 8.64. The van der Waals surface area contributed by atoms with E-state index in [2.05, 4.69) is 17.1 Å². The molecule has 26 heavy (non-hydrogen) atoms. The van der Waals surface area contributed by atoms with Gasteiger partial charge in [0.05, 0.1) is 24.1 Å². The van der Waals surface area contributed by atoms with E-state index in [9.17, 15) is 14.4 Å². The number of hydrogen-bond donors (Lipinski definition) is 1. The molecule has 2 amide bonds. The standard InChI is InChI=1S/C18H27N3O4S/c1-11-8-6-7-9-21(11)10-13(22)19-16-14(18(24)25-5)12(2)15(26-16)17(23)20(3)4/h11H,6-10H2,1-5H3,(H,19,22). The van der Waals surface area contributed by atoms with Crippen molar-refractivity contribution < 1.29 is 19.1 Å². The number of nitrogens with zero attached hydrogens (tertiary/aromatic N) is 2. The maximum atomic E-state index is 12.5. The average molecular weight is 381 g/mol. The van der Waals surface area contributed by atoms with Crippen molar-refractivity contribution in [2.24, 2.45) is 0 Å². The van der Waals surface area contributed by atoms with Gasteiger partial charge in [0, 0.05) is 20.1 Å². The fourth-order valence-electron chi connectivity index (χ4n) is 3.10. The number of anilines is 1. The summed E-state index contributed by atoms with van der Waals surface area (Å²) in [6.45, 7) is 4.99. The van der Waals surface area contributed by atoms with Gasteiger partial charge in [0.15, 0.2) is 0 Å². The minimum Gasteiger partial charge on any atom is -0.465 e. The average Bonchev–Trinajstić information content (AvgIpc) is 2.91. The number of piperidine rings is 1. The van der Waals surface area contributed by atoms with Crippen molar-refractivity contribution in [3.8, 4) is 0 Å². The van der Waals surface area contributed by atoms with Gasteiger partial charge in [0.25, 0.3) is 5.91 Å². The second-order valence-electron chi connectivity index (χ2n) is 6.81. The molecule has 1 fully saturated rings. The van der Waals surface area contributed by atoms with Crippen molar-refractivity contribution >= 4 is 34.1 Å². The van der Waals surface area contributed by atoms with Gasteiger partial charge in [-0.25, -0.2) is 4.79 Å². The number of methoxy groups -OCH3 is 1. The molecule has 7 nitrogen and oxygen atoms in total. The lowest BCUT2D eigenvalue weighted by atomic mass is 10.0. The highest BCUT2D eigenvalue weighted by molar-refractivity contribution is 7.18. The number of thiophene rings is 1. The molecule has 1 aliphatic rings. The summed E-state index contributed by atoms with van der Waals surface area (Å²) < 4.78 is 4.84. The van der Waals surface area contributed by atoms with Crippen molar-refractivity contribution in [2.75, 3.05) is 39.6 Å². The molecule has 1 aromatic heterocycles. The van der Waals surface area contributed by atoms with Crippen LogP contribution in [0.15, 0.2) is 0 Å². The third-order valence-corrected chi connectivity index (χ3v) is 5.87. The van der Waals surface area contributed by atoms with Gasteiger partial charge in [0.1, 0.15) is 5.00 Å². The van der Waals surface area contributed by atoms with Crippen molar-refractivity contribution in [3.63, 3.8) is 0 Å². The zero-order valence-electron chi connectivity index (χ0n) is 16.0. The number of rotatable bonds is 5. The third kappa shape index (κ3) is 4.42. The Bertz CT molecular complexity index is 699. The predicted molar refractivity (Wildman–Crippen MR) is 102 cm³/mol. The van der Waals surface area contributed by atoms with E-state index in [-0.39, 0.29) is 23.9 Å². The number of carbonyl (C=O) groups excluding carboxylic acids is 3. The van der Waals surface area contributed by atoms with Crippen LogP contribution in [-0.4, -0.2) is 67.9 Å². The Labute approximate surface area is 158 Å². The first-order valence-electron chi connectivity index (χ1n) is 8.73. The van der Waals surface area contributed by atoms with Crippen LogP contribution >= 0.6 is 11.3 Å². The van der Waals surface area contributed by atoms with E-state index in [4.69, 9.17) is 4.74 Å². The molecule has 1 aliphatic heterocycles. The summed E-state index contributed by atoms with van der Waals surface area (Å²) >= 11 is 1.11. The molecule has 0 radical (unpaired) electrons. The maximum Gasteiger partial charge on any atom is 0.341 e. The van der Waals surface area contributed by atoms with E-state index >= 15 is 0 Å². The van der Waals surface area contributed by atoms with Crippen molar-refractivity contribution in [3.05, 3.63) is 16.0 Å². The fourth-order valence-corrected chi connectivity index (χ4v) is 4.33. The van der Waals surface area contributed by atoms with Crippen LogP contribution in [0.25, 0.3) is 0 Å². The molecule has 1 aromatic rings. The van der Waals surface area contributed by atoms with E-state index in [0.717, 1.165) is 30.7 Å². The van der Waals surface area contributed by atoms with Crippen LogP contribution in [-0.2, 0) is 9.53 Å². The summed E-state index contributed by atoms with van der Waals surface area (Å²) in [5, 5.41) is 3.18. The Morgan fingerprint density at radius 1 is 1.31 bits per heavy atom. The number of likely N-dealkylation sites (tertiary alicyclic amines) is 1. The molecule has 0 bridgehead atoms. The highest BCUT2D eigenvalue weighted by Gasteiger charge is 2.28. The molecule has 1 atom stereocenters. The summed E-state index contributed by atoms with van der Waals surface area (Å²) in [4.78, 5) is 41.1. The van der Waals surface area contributed by atoms with Gasteiger partial charge >= 0.3 is 5.97 Å². The van der Waals surface area contributed by atoms with Crippen LogP contribution in [0.1, 0.15) is 51.8 Å². The van der Waals surface area contributed by atoms with E-state index in [1.54, 1.807) is 21.0 Å². The lowest BCUT2D eigenvalue weighted by molar-refractivity contribution is -0.118. The lowest BCUT2D eigenvalue weighted by Gasteiger charge is -2.32. The summed E-state index contributed by atoms with van der Waals surface area (Å²) in [5.74, 6) is -0.949. The van der Waals surface area contributed by atoms with Crippen LogP contribution in [0.3, 0.4) is 0 Å². The first-order chi connectivity index (χ1) is 12.3. The van der Waals surface area contributed by atoms with Gasteiger partial charge in [0.2, 0.25) is 5.91 Å². The number of carbonyl (C=O) groups is 3. The minimum absolute atomic E-state index is 0.186. The molecule has 1 N–H and O–H groups in total. The summed E-state index contributed by atoms with van der Waals surface area (Å²) in [6, 6.07) is 0.366. The van der Waals surface area contributed by atoms with Gasteiger partial charge in [-0.2, -0.15) is 0 Å². The van der Waals surface area contributed by atoms with Crippen molar-refractivity contribution in [1.82, 2.24) is 9.80 Å². The zero-order chi connectivity index (χ0) is 19.4. The van der Waals surface area contributed by atoms with E-state index in [0.29, 0.717) is 21.5 Å². The number of amides is 2. The summed E-state index contributed by atoms with van der Waals surface area (Å²) in [5.41, 5.74) is 0.782. The Kier molecular flexibility index (Phi) is 6.77. The minimum atomic E-state index is -0.557. The fraction of sp³-hybridized carbons (Fsp3) is 0.611. The van der Waals surface area contributed by atoms with Crippen molar-refractivity contribution in [2.45, 2.75) is 39.2 Å². The van der Waals surface area contributed by atoms with Crippen LogP contribution in [0, 0.1) is 6.92 Å². The topological polar surface area (TPSA) is 79.0 Å². The first-order valence-corrected chi connectivity index (χ1v) is 9.55. The normalized spacial score (nSPS) is 17.7. The SMILES string of the molecule is COC(=O)c1c(NC(=O)CN2CCCCC2C)sc(C(=O)N(C)C)c1C.